The molecular weight excluding hydrogens is 299 g/mol. The Kier molecular flexibility index (Phi) is 6.80. The van der Waals surface area contributed by atoms with Gasteiger partial charge in [0.2, 0.25) is 0 Å². The minimum Gasteiger partial charge on any atom is -0.460 e. The van der Waals surface area contributed by atoms with Gasteiger partial charge in [-0.3, -0.25) is 4.79 Å². The predicted octanol–water partition coefficient (Wildman–Crippen LogP) is 4.28. The van der Waals surface area contributed by atoms with Crippen molar-refractivity contribution in [3.63, 3.8) is 0 Å². The molecule has 0 atom stereocenters. The van der Waals surface area contributed by atoms with Gasteiger partial charge in [-0.15, -0.1) is 0 Å². The number of esters is 1. The fourth-order valence-electron chi connectivity index (χ4n) is 1.60. The van der Waals surface area contributed by atoms with Crippen LogP contribution in [0.15, 0.2) is 18.2 Å². The van der Waals surface area contributed by atoms with Crippen LogP contribution < -0.4 is 0 Å². The second-order valence-electron chi connectivity index (χ2n) is 5.40. The summed E-state index contributed by atoms with van der Waals surface area (Å²) in [5.74, 6) is -0.256. The molecule has 1 aromatic rings. The summed E-state index contributed by atoms with van der Waals surface area (Å²) in [7, 11) is 0. The third-order valence-electron chi connectivity index (χ3n) is 2.43. The number of carbonyl (C=O) groups excluding carboxylic acids is 1. The van der Waals surface area contributed by atoms with E-state index >= 15 is 0 Å². The van der Waals surface area contributed by atoms with E-state index in [1.54, 1.807) is 18.2 Å². The van der Waals surface area contributed by atoms with Crippen LogP contribution in [0.2, 0.25) is 10.0 Å². The zero-order chi connectivity index (χ0) is 15.2. The fourth-order valence-corrected chi connectivity index (χ4v) is 2.18. The lowest BCUT2D eigenvalue weighted by Gasteiger charge is -2.19. The molecule has 1 aromatic carbocycles. The molecule has 0 fully saturated rings. The highest BCUT2D eigenvalue weighted by atomic mass is 35.5. The fraction of sp³-hybridized carbons (Fsp3) is 0.533. The Bertz CT molecular complexity index is 433. The minimum absolute atomic E-state index is 0.244. The molecule has 1 rings (SSSR count). The summed E-state index contributed by atoms with van der Waals surface area (Å²) in [5.41, 5.74) is 0.412. The first-order valence-corrected chi connectivity index (χ1v) is 7.27. The number of carbonyl (C=O) groups is 1. The molecule has 5 heteroatoms. The van der Waals surface area contributed by atoms with Gasteiger partial charge in [0, 0.05) is 10.0 Å². The topological polar surface area (TPSA) is 35.5 Å². The van der Waals surface area contributed by atoms with Crippen molar-refractivity contribution in [2.24, 2.45) is 0 Å². The van der Waals surface area contributed by atoms with Crippen LogP contribution in [0.3, 0.4) is 0 Å². The molecule has 0 aliphatic carbocycles. The zero-order valence-corrected chi connectivity index (χ0v) is 13.6. The first kappa shape index (κ1) is 17.3. The number of halogens is 2. The Morgan fingerprint density at radius 3 is 2.30 bits per heavy atom. The van der Waals surface area contributed by atoms with Crippen molar-refractivity contribution in [2.45, 2.75) is 39.2 Å². The number of hydrogen-bond donors (Lipinski definition) is 0. The zero-order valence-electron chi connectivity index (χ0n) is 12.0. The maximum absolute atomic E-state index is 11.5. The van der Waals surface area contributed by atoms with E-state index in [-0.39, 0.29) is 12.4 Å². The maximum atomic E-state index is 11.5. The van der Waals surface area contributed by atoms with Crippen molar-refractivity contribution >= 4 is 29.2 Å². The summed E-state index contributed by atoms with van der Waals surface area (Å²) in [6.07, 6.45) is 0.861. The van der Waals surface area contributed by atoms with Crippen molar-refractivity contribution in [1.29, 1.82) is 0 Å². The molecule has 0 unspecified atom stereocenters. The van der Waals surface area contributed by atoms with Crippen molar-refractivity contribution in [1.82, 2.24) is 0 Å². The van der Waals surface area contributed by atoms with E-state index in [2.05, 4.69) is 0 Å². The molecule has 0 saturated carbocycles. The third-order valence-corrected chi connectivity index (χ3v) is 3.14. The van der Waals surface area contributed by atoms with Gasteiger partial charge in [0.05, 0.1) is 19.6 Å². The molecule has 0 aromatic heterocycles. The molecule has 0 N–H and O–H groups in total. The Hall–Kier alpha value is -0.770. The van der Waals surface area contributed by atoms with E-state index in [4.69, 9.17) is 32.7 Å². The lowest BCUT2D eigenvalue weighted by molar-refractivity contribution is -0.156. The van der Waals surface area contributed by atoms with Crippen LogP contribution in [0, 0.1) is 0 Å². The van der Waals surface area contributed by atoms with E-state index in [0.717, 1.165) is 5.56 Å². The molecule has 3 nitrogen and oxygen atoms in total. The van der Waals surface area contributed by atoms with Crippen LogP contribution in [-0.4, -0.2) is 24.8 Å². The van der Waals surface area contributed by atoms with E-state index in [9.17, 15) is 4.79 Å². The molecule has 0 spiro atoms. The Morgan fingerprint density at radius 2 is 1.75 bits per heavy atom. The van der Waals surface area contributed by atoms with Gasteiger partial charge in [-0.25, -0.2) is 0 Å². The SMILES string of the molecule is CC(C)(C)OC(=O)CCOCCc1c(Cl)cccc1Cl. The Balaban J connectivity index is 2.24. The molecular formula is C15H20Cl2O3. The lowest BCUT2D eigenvalue weighted by atomic mass is 10.1. The lowest BCUT2D eigenvalue weighted by Crippen LogP contribution is -2.24. The molecule has 0 saturated heterocycles. The molecule has 20 heavy (non-hydrogen) atoms. The molecule has 0 aliphatic heterocycles. The maximum Gasteiger partial charge on any atom is 0.308 e. The normalized spacial score (nSPS) is 11.4. The van der Waals surface area contributed by atoms with Gasteiger partial charge in [0.15, 0.2) is 0 Å². The van der Waals surface area contributed by atoms with Gasteiger partial charge in [-0.05, 0) is 44.9 Å². The summed E-state index contributed by atoms with van der Waals surface area (Å²) in [6.45, 7) is 6.31. The van der Waals surface area contributed by atoms with Crippen LogP contribution in [-0.2, 0) is 20.7 Å². The van der Waals surface area contributed by atoms with Crippen LogP contribution in [0.1, 0.15) is 32.8 Å². The van der Waals surface area contributed by atoms with Crippen molar-refractivity contribution in [2.75, 3.05) is 13.2 Å². The highest BCUT2D eigenvalue weighted by Crippen LogP contribution is 2.24. The highest BCUT2D eigenvalue weighted by Gasteiger charge is 2.15. The van der Waals surface area contributed by atoms with E-state index in [1.807, 2.05) is 20.8 Å². The van der Waals surface area contributed by atoms with Crippen LogP contribution in [0.5, 0.6) is 0 Å². The van der Waals surface area contributed by atoms with Crippen LogP contribution >= 0.6 is 23.2 Å². The Morgan fingerprint density at radius 1 is 1.15 bits per heavy atom. The standard InChI is InChI=1S/C15H20Cl2O3/c1-15(2,3)20-14(18)8-10-19-9-7-11-12(16)5-4-6-13(11)17/h4-6H,7-10H2,1-3H3. The smallest absolute Gasteiger partial charge is 0.308 e. The second-order valence-corrected chi connectivity index (χ2v) is 6.21. The van der Waals surface area contributed by atoms with Gasteiger partial charge in [-0.2, -0.15) is 0 Å². The first-order chi connectivity index (χ1) is 9.29. The molecule has 0 radical (unpaired) electrons. The largest absolute Gasteiger partial charge is 0.460 e. The van der Waals surface area contributed by atoms with Gasteiger partial charge in [-0.1, -0.05) is 29.3 Å². The summed E-state index contributed by atoms with van der Waals surface area (Å²) in [6, 6.07) is 5.39. The highest BCUT2D eigenvalue weighted by molar-refractivity contribution is 6.35. The molecule has 112 valence electrons. The molecule has 0 aliphatic rings. The third kappa shape index (κ3) is 6.60. The summed E-state index contributed by atoms with van der Waals surface area (Å²) in [5, 5.41) is 1.27. The quantitative estimate of drug-likeness (QED) is 0.580. The molecule has 0 bridgehead atoms. The van der Waals surface area contributed by atoms with Crippen LogP contribution in [0.25, 0.3) is 0 Å². The van der Waals surface area contributed by atoms with Crippen molar-refractivity contribution in [3.05, 3.63) is 33.8 Å². The van der Waals surface area contributed by atoms with E-state index in [1.165, 1.54) is 0 Å². The van der Waals surface area contributed by atoms with Crippen LogP contribution in [0.4, 0.5) is 0 Å². The number of hydrogen-bond acceptors (Lipinski definition) is 3. The van der Waals surface area contributed by atoms with E-state index in [0.29, 0.717) is 29.7 Å². The summed E-state index contributed by atoms with van der Waals surface area (Å²) in [4.78, 5) is 11.5. The summed E-state index contributed by atoms with van der Waals surface area (Å²) >= 11 is 12.1. The number of ether oxygens (including phenoxy) is 2. The Labute approximate surface area is 130 Å². The average molecular weight is 319 g/mol. The van der Waals surface area contributed by atoms with Crippen molar-refractivity contribution < 1.29 is 14.3 Å². The first-order valence-electron chi connectivity index (χ1n) is 6.52. The minimum atomic E-state index is -0.456. The van der Waals surface area contributed by atoms with Gasteiger partial charge >= 0.3 is 5.97 Å². The van der Waals surface area contributed by atoms with Gasteiger partial charge in [0.1, 0.15) is 5.60 Å². The van der Waals surface area contributed by atoms with Gasteiger partial charge in [0.25, 0.3) is 0 Å². The average Bonchev–Trinajstić information content (AvgIpc) is 2.29. The monoisotopic (exact) mass is 318 g/mol. The second kappa shape index (κ2) is 7.87. The van der Waals surface area contributed by atoms with Crippen molar-refractivity contribution in [3.8, 4) is 0 Å². The number of rotatable bonds is 6. The van der Waals surface area contributed by atoms with Gasteiger partial charge < -0.3 is 9.47 Å². The summed E-state index contributed by atoms with van der Waals surface area (Å²) < 4.78 is 10.6. The van der Waals surface area contributed by atoms with E-state index < -0.39 is 5.60 Å². The molecule has 0 amide bonds. The molecule has 0 heterocycles. The number of benzene rings is 1. The predicted molar refractivity (Wildman–Crippen MR) is 81.4 cm³/mol.